The zero-order chi connectivity index (χ0) is 9.97. The van der Waals surface area contributed by atoms with Crippen LogP contribution in [0, 0.1) is 0 Å². The van der Waals surface area contributed by atoms with Crippen LogP contribution in [0.4, 0.5) is 5.82 Å². The van der Waals surface area contributed by atoms with Gasteiger partial charge in [-0.05, 0) is 17.6 Å². The van der Waals surface area contributed by atoms with E-state index in [1.165, 1.54) is 16.4 Å². The first-order valence-corrected chi connectivity index (χ1v) is 5.29. The second-order valence-electron chi connectivity index (χ2n) is 2.85. The summed E-state index contributed by atoms with van der Waals surface area (Å²) in [4.78, 5) is 1.23. The lowest BCUT2D eigenvalue weighted by molar-refractivity contribution is 0.621. The molecule has 4 nitrogen and oxygen atoms in total. The minimum Gasteiger partial charge on any atom is -0.381 e. The lowest BCUT2D eigenvalue weighted by Crippen LogP contribution is -2.01. The van der Waals surface area contributed by atoms with Crippen LogP contribution in [0.2, 0.25) is 5.02 Å². The fourth-order valence-electron chi connectivity index (χ4n) is 1.12. The largest absolute Gasteiger partial charge is 0.381 e. The normalized spacial score (nSPS) is 10.6. The molecule has 6 heteroatoms. The molecule has 0 amide bonds. The molecule has 0 atom stereocenters. The highest BCUT2D eigenvalue weighted by Crippen LogP contribution is 2.15. The quantitative estimate of drug-likeness (QED) is 0.872. The van der Waals surface area contributed by atoms with Gasteiger partial charge in [0, 0.05) is 30.2 Å². The topological polar surface area (TPSA) is 56.7 Å². The van der Waals surface area contributed by atoms with E-state index < -0.39 is 0 Å². The van der Waals surface area contributed by atoms with E-state index in [2.05, 4.69) is 9.47 Å². The molecule has 2 aromatic heterocycles. The molecule has 74 valence electrons. The molecule has 2 rings (SSSR count). The van der Waals surface area contributed by atoms with Gasteiger partial charge in [-0.3, -0.25) is 4.68 Å². The van der Waals surface area contributed by atoms with Gasteiger partial charge in [-0.2, -0.15) is 5.10 Å². The Morgan fingerprint density at radius 2 is 2.43 bits per heavy atom. The van der Waals surface area contributed by atoms with E-state index in [0.717, 1.165) is 13.0 Å². The van der Waals surface area contributed by atoms with Crippen LogP contribution in [-0.4, -0.2) is 14.2 Å². The van der Waals surface area contributed by atoms with Gasteiger partial charge >= 0.3 is 0 Å². The van der Waals surface area contributed by atoms with Crippen LogP contribution in [0.3, 0.4) is 0 Å². The molecule has 0 saturated carbocycles. The second kappa shape index (κ2) is 3.98. The van der Waals surface area contributed by atoms with Crippen LogP contribution in [0.5, 0.6) is 0 Å². The first kappa shape index (κ1) is 9.48. The lowest BCUT2D eigenvalue weighted by Gasteiger charge is -1.97. The second-order valence-corrected chi connectivity index (χ2v) is 4.18. The number of rotatable bonds is 3. The average Bonchev–Trinajstić information content (AvgIpc) is 2.74. The van der Waals surface area contributed by atoms with Gasteiger partial charge in [0.2, 0.25) is 0 Å². The average molecular weight is 229 g/mol. The maximum Gasteiger partial charge on any atom is 0.164 e. The third-order valence-electron chi connectivity index (χ3n) is 1.82. The molecule has 0 bridgehead atoms. The number of aromatic nitrogens is 3. The third-order valence-corrected chi connectivity index (χ3v) is 2.91. The van der Waals surface area contributed by atoms with Crippen molar-refractivity contribution < 1.29 is 0 Å². The highest BCUT2D eigenvalue weighted by molar-refractivity contribution is 7.05. The van der Waals surface area contributed by atoms with Crippen molar-refractivity contribution in [2.24, 2.45) is 0 Å². The number of nitrogens with zero attached hydrogens (tertiary/aromatic N) is 3. The number of anilines is 1. The van der Waals surface area contributed by atoms with Crippen LogP contribution in [-0.2, 0) is 13.0 Å². The molecule has 14 heavy (non-hydrogen) atoms. The van der Waals surface area contributed by atoms with Crippen LogP contribution >= 0.6 is 23.1 Å². The summed E-state index contributed by atoms with van der Waals surface area (Å²) in [6, 6.07) is 2.00. The van der Waals surface area contributed by atoms with E-state index in [9.17, 15) is 0 Å². The van der Waals surface area contributed by atoms with Crippen molar-refractivity contribution >= 4 is 29.0 Å². The van der Waals surface area contributed by atoms with E-state index >= 15 is 0 Å². The molecule has 0 aliphatic heterocycles. The van der Waals surface area contributed by atoms with Gasteiger partial charge in [-0.25, -0.2) is 4.37 Å². The Balaban J connectivity index is 1.98. The summed E-state index contributed by atoms with van der Waals surface area (Å²) in [5.74, 6) is 0.385. The molecule has 0 saturated heterocycles. The van der Waals surface area contributed by atoms with E-state index in [1.807, 2.05) is 6.07 Å². The fraction of sp³-hybridized carbons (Fsp3) is 0.250. The van der Waals surface area contributed by atoms with Crippen molar-refractivity contribution in [1.82, 2.24) is 14.2 Å². The van der Waals surface area contributed by atoms with Gasteiger partial charge in [0.15, 0.2) is 5.82 Å². The summed E-state index contributed by atoms with van der Waals surface area (Å²) in [6.07, 6.45) is 4.43. The maximum atomic E-state index is 5.77. The van der Waals surface area contributed by atoms with Gasteiger partial charge in [0.25, 0.3) is 0 Å². The van der Waals surface area contributed by atoms with Crippen molar-refractivity contribution in [1.29, 1.82) is 0 Å². The van der Waals surface area contributed by atoms with Gasteiger partial charge < -0.3 is 5.73 Å². The Kier molecular flexibility index (Phi) is 2.69. The van der Waals surface area contributed by atoms with E-state index in [-0.39, 0.29) is 0 Å². The zero-order valence-corrected chi connectivity index (χ0v) is 8.92. The molecule has 2 aromatic rings. The van der Waals surface area contributed by atoms with Gasteiger partial charge in [0.05, 0.1) is 0 Å². The van der Waals surface area contributed by atoms with Crippen LogP contribution in [0.25, 0.3) is 0 Å². The number of nitrogens with two attached hydrogens (primary N) is 1. The number of hydrogen-bond acceptors (Lipinski definition) is 4. The Morgan fingerprint density at radius 1 is 1.57 bits per heavy atom. The summed E-state index contributed by atoms with van der Waals surface area (Å²) < 4.78 is 5.77. The van der Waals surface area contributed by atoms with Crippen molar-refractivity contribution in [2.45, 2.75) is 13.0 Å². The molecule has 2 N–H and O–H groups in total. The van der Waals surface area contributed by atoms with Crippen molar-refractivity contribution in [3.05, 3.63) is 28.4 Å². The van der Waals surface area contributed by atoms with Crippen LogP contribution in [0.15, 0.2) is 18.5 Å². The highest BCUT2D eigenvalue weighted by atomic mass is 35.5. The van der Waals surface area contributed by atoms with E-state index in [0.29, 0.717) is 10.8 Å². The van der Waals surface area contributed by atoms with E-state index in [1.54, 1.807) is 17.1 Å². The lowest BCUT2D eigenvalue weighted by atomic mass is 10.3. The number of hydrogen-bond donors (Lipinski definition) is 1. The van der Waals surface area contributed by atoms with Crippen molar-refractivity contribution in [2.75, 3.05) is 5.73 Å². The summed E-state index contributed by atoms with van der Waals surface area (Å²) >= 11 is 7.27. The number of aryl methyl sites for hydroxylation is 2. The molecule has 0 radical (unpaired) electrons. The molecule has 0 aliphatic carbocycles. The Labute approximate surface area is 90.5 Å². The maximum absolute atomic E-state index is 5.77. The number of nitrogen functional groups attached to an aromatic ring is 1. The third kappa shape index (κ3) is 2.05. The van der Waals surface area contributed by atoms with Gasteiger partial charge in [0.1, 0.15) is 5.02 Å². The Morgan fingerprint density at radius 3 is 3.00 bits per heavy atom. The summed E-state index contributed by atoms with van der Waals surface area (Å²) in [5, 5.41) is 4.56. The minimum atomic E-state index is 0.385. The van der Waals surface area contributed by atoms with Gasteiger partial charge in [-0.1, -0.05) is 11.6 Å². The molecular weight excluding hydrogens is 220 g/mol. The SMILES string of the molecule is Nc1nn(CCc2ccns2)cc1Cl. The molecule has 0 aliphatic rings. The fourth-order valence-corrected chi connectivity index (χ4v) is 1.83. The first-order valence-electron chi connectivity index (χ1n) is 4.13. The summed E-state index contributed by atoms with van der Waals surface area (Å²) in [5.41, 5.74) is 5.52. The molecule has 0 fully saturated rings. The predicted molar refractivity (Wildman–Crippen MR) is 57.5 cm³/mol. The standard InChI is InChI=1S/C8H9ClN4S/c9-7-5-13(12-8(7)10)4-2-6-1-3-11-14-6/h1,3,5H,2,4H2,(H2,10,12). The van der Waals surface area contributed by atoms with Gasteiger partial charge in [-0.15, -0.1) is 0 Å². The Hall–Kier alpha value is -1.07. The zero-order valence-electron chi connectivity index (χ0n) is 7.35. The molecular formula is C8H9ClN4S. The molecule has 0 spiro atoms. The number of halogens is 1. The monoisotopic (exact) mass is 228 g/mol. The highest BCUT2D eigenvalue weighted by Gasteiger charge is 2.02. The molecule has 0 aromatic carbocycles. The van der Waals surface area contributed by atoms with Crippen LogP contribution < -0.4 is 5.73 Å². The van der Waals surface area contributed by atoms with Crippen molar-refractivity contribution in [3.63, 3.8) is 0 Å². The Bertz CT molecular complexity index is 389. The van der Waals surface area contributed by atoms with Crippen LogP contribution in [0.1, 0.15) is 4.88 Å². The summed E-state index contributed by atoms with van der Waals surface area (Å²) in [6.45, 7) is 0.777. The smallest absolute Gasteiger partial charge is 0.164 e. The molecule has 2 heterocycles. The molecule has 0 unspecified atom stereocenters. The van der Waals surface area contributed by atoms with Crippen molar-refractivity contribution in [3.8, 4) is 0 Å². The summed E-state index contributed by atoms with van der Waals surface area (Å²) in [7, 11) is 0. The first-order chi connectivity index (χ1) is 6.75. The predicted octanol–water partition coefficient (Wildman–Crippen LogP) is 1.82. The minimum absolute atomic E-state index is 0.385. The van der Waals surface area contributed by atoms with E-state index in [4.69, 9.17) is 17.3 Å².